The van der Waals surface area contributed by atoms with Gasteiger partial charge in [0.2, 0.25) is 0 Å². The maximum absolute atomic E-state index is 15.2. The number of hydrogen-bond acceptors (Lipinski definition) is 7. The summed E-state index contributed by atoms with van der Waals surface area (Å²) in [5, 5.41) is 0. The van der Waals surface area contributed by atoms with Gasteiger partial charge in [-0.2, -0.15) is 0 Å². The lowest BCUT2D eigenvalue weighted by Crippen LogP contribution is -2.55. The number of esters is 1. The van der Waals surface area contributed by atoms with E-state index in [9.17, 15) is 27.6 Å². The Labute approximate surface area is 283 Å². The van der Waals surface area contributed by atoms with Gasteiger partial charge in [-0.25, -0.2) is 22.4 Å². The van der Waals surface area contributed by atoms with Crippen LogP contribution in [0.25, 0.3) is 0 Å². The number of benzene rings is 2. The zero-order valence-corrected chi connectivity index (χ0v) is 28.1. The van der Waals surface area contributed by atoms with E-state index in [0.29, 0.717) is 17.5 Å². The van der Waals surface area contributed by atoms with Crippen LogP contribution in [0.3, 0.4) is 0 Å². The maximum Gasteiger partial charge on any atom is 0.410 e. The third-order valence-electron chi connectivity index (χ3n) is 8.07. The Morgan fingerprint density at radius 2 is 1.67 bits per heavy atom. The normalized spacial score (nSPS) is 17.0. The van der Waals surface area contributed by atoms with Gasteiger partial charge in [-0.3, -0.25) is 19.5 Å². The van der Waals surface area contributed by atoms with E-state index in [2.05, 4.69) is 4.98 Å². The molecule has 3 aromatic rings. The van der Waals surface area contributed by atoms with Crippen LogP contribution in [0.4, 0.5) is 22.4 Å². The highest BCUT2D eigenvalue weighted by molar-refractivity contribution is 5.82. The Morgan fingerprint density at radius 3 is 2.33 bits per heavy atom. The molecule has 1 aliphatic heterocycles. The van der Waals surface area contributed by atoms with Gasteiger partial charge < -0.3 is 14.2 Å². The number of pyridine rings is 1. The topological polar surface area (TPSA) is 95.0 Å². The van der Waals surface area contributed by atoms with Crippen LogP contribution in [0, 0.1) is 23.3 Å². The average Bonchev–Trinajstić information content (AvgIpc) is 3.02. The Bertz CT molecular complexity index is 1590. The molecule has 12 heteroatoms. The Morgan fingerprint density at radius 1 is 0.980 bits per heavy atom. The number of carbonyl (C=O) groups is 3. The number of ketones is 1. The van der Waals surface area contributed by atoms with Crippen LogP contribution >= 0.6 is 0 Å². The Balaban J connectivity index is 1.47. The van der Waals surface area contributed by atoms with Crippen molar-refractivity contribution >= 4 is 17.8 Å². The second kappa shape index (κ2) is 16.9. The minimum atomic E-state index is -0.815. The standard InChI is InChI=1S/C37H42F4N2O6/c1-5-6-35(45)48-22-29-21-47-31(20-43(29)36(46)49-37(2,3)4)11-12-32-25(18-42-19-34(32)41)15-30(44)17-33(23-7-9-26(38)10-8-23)24-13-27(39)16-28(40)14-24/h7-10,13-14,16,18-19,29,31,33H,5-6,11-12,15,17,20-22H2,1-4H3/t29-,31+,33-/m0/s1. The van der Waals surface area contributed by atoms with Crippen LogP contribution in [-0.2, 0) is 36.6 Å². The minimum absolute atomic E-state index is 0.0583. The minimum Gasteiger partial charge on any atom is -0.463 e. The summed E-state index contributed by atoms with van der Waals surface area (Å²) < 4.78 is 74.2. The van der Waals surface area contributed by atoms with E-state index in [1.54, 1.807) is 20.8 Å². The van der Waals surface area contributed by atoms with Gasteiger partial charge in [-0.05, 0) is 86.6 Å². The molecule has 1 fully saturated rings. The first-order valence-corrected chi connectivity index (χ1v) is 16.3. The van der Waals surface area contributed by atoms with Crippen molar-refractivity contribution in [3.8, 4) is 0 Å². The van der Waals surface area contributed by atoms with Crippen LogP contribution in [0.1, 0.15) is 81.5 Å². The number of hydrogen-bond donors (Lipinski definition) is 0. The van der Waals surface area contributed by atoms with Crippen molar-refractivity contribution in [3.63, 3.8) is 0 Å². The number of amides is 1. The molecule has 1 aromatic heterocycles. The van der Waals surface area contributed by atoms with Crippen molar-refractivity contribution in [2.24, 2.45) is 0 Å². The summed E-state index contributed by atoms with van der Waals surface area (Å²) in [6, 6.07) is 7.73. The molecule has 1 amide bonds. The van der Waals surface area contributed by atoms with Crippen LogP contribution < -0.4 is 0 Å². The zero-order chi connectivity index (χ0) is 35.7. The molecular weight excluding hydrogens is 644 g/mol. The highest BCUT2D eigenvalue weighted by atomic mass is 19.1. The first-order valence-electron chi connectivity index (χ1n) is 16.3. The molecule has 3 atom stereocenters. The molecule has 0 saturated carbocycles. The molecule has 0 radical (unpaired) electrons. The van der Waals surface area contributed by atoms with Crippen molar-refractivity contribution in [2.75, 3.05) is 19.8 Å². The summed E-state index contributed by atoms with van der Waals surface area (Å²) in [6.07, 6.45) is 2.25. The predicted octanol–water partition coefficient (Wildman–Crippen LogP) is 7.25. The van der Waals surface area contributed by atoms with Crippen LogP contribution in [-0.4, -0.2) is 65.2 Å². The van der Waals surface area contributed by atoms with Crippen molar-refractivity contribution in [3.05, 3.63) is 100 Å². The summed E-state index contributed by atoms with van der Waals surface area (Å²) in [4.78, 5) is 44.0. The number of rotatable bonds is 13. The Hall–Kier alpha value is -4.32. The largest absolute Gasteiger partial charge is 0.463 e. The third kappa shape index (κ3) is 11.1. The molecular formula is C37H42F4N2O6. The van der Waals surface area contributed by atoms with Crippen LogP contribution in [0.15, 0.2) is 54.9 Å². The van der Waals surface area contributed by atoms with Gasteiger partial charge >= 0.3 is 12.1 Å². The van der Waals surface area contributed by atoms with Gasteiger partial charge in [0.15, 0.2) is 0 Å². The highest BCUT2D eigenvalue weighted by Gasteiger charge is 2.36. The number of carbonyl (C=O) groups excluding carboxylic acids is 3. The van der Waals surface area contributed by atoms with Gasteiger partial charge in [-0.15, -0.1) is 0 Å². The molecule has 49 heavy (non-hydrogen) atoms. The number of aromatic nitrogens is 1. The summed E-state index contributed by atoms with van der Waals surface area (Å²) in [7, 11) is 0. The fourth-order valence-electron chi connectivity index (χ4n) is 5.73. The maximum atomic E-state index is 15.2. The number of halogens is 4. The van der Waals surface area contributed by atoms with Gasteiger partial charge in [0.1, 0.15) is 41.3 Å². The van der Waals surface area contributed by atoms with E-state index < -0.39 is 53.0 Å². The van der Waals surface area contributed by atoms with Gasteiger partial charge in [-0.1, -0.05) is 19.1 Å². The number of nitrogens with zero attached hydrogens (tertiary/aromatic N) is 2. The molecule has 0 unspecified atom stereocenters. The average molecular weight is 687 g/mol. The monoisotopic (exact) mass is 686 g/mol. The first kappa shape index (κ1) is 37.5. The second-order valence-corrected chi connectivity index (χ2v) is 13.2. The van der Waals surface area contributed by atoms with Gasteiger partial charge in [0.25, 0.3) is 0 Å². The van der Waals surface area contributed by atoms with E-state index in [1.807, 2.05) is 6.92 Å². The zero-order valence-electron chi connectivity index (χ0n) is 28.1. The van der Waals surface area contributed by atoms with E-state index in [1.165, 1.54) is 35.4 Å². The molecule has 264 valence electrons. The third-order valence-corrected chi connectivity index (χ3v) is 8.07. The van der Waals surface area contributed by atoms with Crippen LogP contribution in [0.5, 0.6) is 0 Å². The fraction of sp³-hybridized carbons (Fsp3) is 0.459. The molecule has 2 heterocycles. The van der Waals surface area contributed by atoms with E-state index >= 15 is 4.39 Å². The summed E-state index contributed by atoms with van der Waals surface area (Å²) >= 11 is 0. The molecule has 0 bridgehead atoms. The molecule has 1 aliphatic rings. The van der Waals surface area contributed by atoms with Gasteiger partial charge in [0.05, 0.1) is 31.5 Å². The molecule has 4 rings (SSSR count). The smallest absolute Gasteiger partial charge is 0.410 e. The SMILES string of the molecule is CCCC(=O)OC[C@@H]1CO[C@H](CCc2c(F)cncc2CC(=O)C[C@@H](c2ccc(F)cc2)c2cc(F)cc(F)c2)CN1C(=O)OC(C)(C)C. The van der Waals surface area contributed by atoms with E-state index in [4.69, 9.17) is 14.2 Å². The lowest BCUT2D eigenvalue weighted by Gasteiger charge is -2.40. The molecule has 8 nitrogen and oxygen atoms in total. The number of Topliss-reactive ketones (excluding diaryl/α,β-unsaturated/α-hetero) is 1. The number of ether oxygens (including phenoxy) is 3. The summed E-state index contributed by atoms with van der Waals surface area (Å²) in [5.74, 6) is -4.26. The molecule has 2 aromatic carbocycles. The quantitative estimate of drug-likeness (QED) is 0.138. The fourth-order valence-corrected chi connectivity index (χ4v) is 5.73. The summed E-state index contributed by atoms with van der Waals surface area (Å²) in [6.45, 7) is 7.20. The molecule has 0 aliphatic carbocycles. The number of morpholine rings is 1. The second-order valence-electron chi connectivity index (χ2n) is 13.2. The first-order chi connectivity index (χ1) is 23.2. The molecule has 0 N–H and O–H groups in total. The van der Waals surface area contributed by atoms with Crippen molar-refractivity contribution < 1.29 is 46.2 Å². The van der Waals surface area contributed by atoms with Crippen molar-refractivity contribution in [1.82, 2.24) is 9.88 Å². The van der Waals surface area contributed by atoms with Gasteiger partial charge in [0, 0.05) is 37.4 Å². The lowest BCUT2D eigenvalue weighted by atomic mass is 9.85. The summed E-state index contributed by atoms with van der Waals surface area (Å²) in [5.41, 5.74) is 0.515. The predicted molar refractivity (Wildman–Crippen MR) is 173 cm³/mol. The molecule has 0 spiro atoms. The van der Waals surface area contributed by atoms with Crippen LogP contribution in [0.2, 0.25) is 0 Å². The highest BCUT2D eigenvalue weighted by Crippen LogP contribution is 2.31. The lowest BCUT2D eigenvalue weighted by molar-refractivity contribution is -0.149. The molecule has 1 saturated heterocycles. The Kier molecular flexibility index (Phi) is 12.9. The van der Waals surface area contributed by atoms with E-state index in [0.717, 1.165) is 24.4 Å². The van der Waals surface area contributed by atoms with Crippen molar-refractivity contribution in [2.45, 2.75) is 89.9 Å². The van der Waals surface area contributed by atoms with E-state index in [-0.39, 0.29) is 74.7 Å². The van der Waals surface area contributed by atoms with Crippen molar-refractivity contribution in [1.29, 1.82) is 0 Å².